The Morgan fingerprint density at radius 3 is 2.11 bits per heavy atom. The SMILES string of the molecule is CN(C)CC1CCN(C(=O)C(C)(C)CN)CC1.Cl.Cl. The first-order valence-electron chi connectivity index (χ1n) is 6.51. The van der Waals surface area contributed by atoms with E-state index in [1.807, 2.05) is 18.7 Å². The van der Waals surface area contributed by atoms with Crippen molar-refractivity contribution in [2.45, 2.75) is 26.7 Å². The van der Waals surface area contributed by atoms with Crippen LogP contribution < -0.4 is 5.73 Å². The van der Waals surface area contributed by atoms with Crippen LogP contribution in [0.5, 0.6) is 0 Å². The van der Waals surface area contributed by atoms with Gasteiger partial charge in [0.1, 0.15) is 0 Å². The molecule has 2 N–H and O–H groups in total. The van der Waals surface area contributed by atoms with Crippen molar-refractivity contribution in [3.8, 4) is 0 Å². The number of halogens is 2. The van der Waals surface area contributed by atoms with Crippen molar-refractivity contribution < 1.29 is 4.79 Å². The molecule has 1 amide bonds. The molecule has 116 valence electrons. The van der Waals surface area contributed by atoms with Crippen molar-refractivity contribution in [3.63, 3.8) is 0 Å². The van der Waals surface area contributed by atoms with Gasteiger partial charge in [-0.25, -0.2) is 0 Å². The van der Waals surface area contributed by atoms with Crippen molar-refractivity contribution in [3.05, 3.63) is 0 Å². The molecule has 0 aromatic carbocycles. The van der Waals surface area contributed by atoms with Crippen molar-refractivity contribution in [2.75, 3.05) is 40.3 Å². The Bertz CT molecular complexity index is 265. The highest BCUT2D eigenvalue weighted by atomic mass is 35.5. The Hall–Kier alpha value is -0.0300. The zero-order valence-electron chi connectivity index (χ0n) is 12.5. The predicted molar refractivity (Wildman–Crippen MR) is 85.2 cm³/mol. The molecule has 0 unspecified atom stereocenters. The van der Waals surface area contributed by atoms with Gasteiger partial charge in [-0.2, -0.15) is 0 Å². The quantitative estimate of drug-likeness (QED) is 0.858. The van der Waals surface area contributed by atoms with Crippen molar-refractivity contribution >= 4 is 30.7 Å². The van der Waals surface area contributed by atoms with Crippen LogP contribution >= 0.6 is 24.8 Å². The Balaban J connectivity index is 0. The third-order valence-electron chi connectivity index (χ3n) is 3.61. The first kappa shape index (κ1) is 21.3. The van der Waals surface area contributed by atoms with E-state index in [-0.39, 0.29) is 30.7 Å². The molecule has 0 aromatic heterocycles. The molecular weight excluding hydrogens is 285 g/mol. The summed E-state index contributed by atoms with van der Waals surface area (Å²) in [5.74, 6) is 0.943. The topological polar surface area (TPSA) is 49.6 Å². The standard InChI is InChI=1S/C13H27N3O.2ClH/c1-13(2,10-14)12(17)16-7-5-11(6-8-16)9-15(3)4;;/h11H,5-10,14H2,1-4H3;2*1H. The van der Waals surface area contributed by atoms with Crippen LogP contribution in [0.3, 0.4) is 0 Å². The maximum Gasteiger partial charge on any atom is 0.229 e. The lowest BCUT2D eigenvalue weighted by atomic mass is 9.89. The average Bonchev–Trinajstić information content (AvgIpc) is 2.28. The van der Waals surface area contributed by atoms with Gasteiger partial charge in [0.2, 0.25) is 5.91 Å². The van der Waals surface area contributed by atoms with E-state index in [1.165, 1.54) is 0 Å². The normalized spacial score (nSPS) is 16.8. The number of nitrogens with two attached hydrogens (primary N) is 1. The Labute approximate surface area is 129 Å². The number of likely N-dealkylation sites (tertiary alicyclic amines) is 1. The number of nitrogens with zero attached hydrogens (tertiary/aromatic N) is 2. The van der Waals surface area contributed by atoms with Gasteiger partial charge in [-0.15, -0.1) is 24.8 Å². The van der Waals surface area contributed by atoms with Gasteiger partial charge in [0.05, 0.1) is 5.41 Å². The number of carbonyl (C=O) groups excluding carboxylic acids is 1. The van der Waals surface area contributed by atoms with Crippen molar-refractivity contribution in [1.29, 1.82) is 0 Å². The fourth-order valence-electron chi connectivity index (χ4n) is 2.35. The summed E-state index contributed by atoms with van der Waals surface area (Å²) in [5, 5.41) is 0. The van der Waals surface area contributed by atoms with E-state index in [0.29, 0.717) is 6.54 Å². The maximum atomic E-state index is 12.2. The van der Waals surface area contributed by atoms with Gasteiger partial charge in [0, 0.05) is 26.2 Å². The highest BCUT2D eigenvalue weighted by Crippen LogP contribution is 2.23. The molecule has 0 atom stereocenters. The molecule has 1 heterocycles. The van der Waals surface area contributed by atoms with Crippen LogP contribution in [0.2, 0.25) is 0 Å². The van der Waals surface area contributed by atoms with Gasteiger partial charge in [-0.05, 0) is 46.7 Å². The molecule has 1 saturated heterocycles. The minimum atomic E-state index is -0.408. The molecule has 0 radical (unpaired) electrons. The minimum Gasteiger partial charge on any atom is -0.342 e. The zero-order chi connectivity index (χ0) is 13.1. The summed E-state index contributed by atoms with van der Waals surface area (Å²) in [6.45, 7) is 7.19. The molecule has 1 fully saturated rings. The molecule has 0 aliphatic carbocycles. The second-order valence-corrected chi connectivity index (χ2v) is 6.09. The monoisotopic (exact) mass is 313 g/mol. The van der Waals surface area contributed by atoms with E-state index in [0.717, 1.165) is 38.4 Å². The highest BCUT2D eigenvalue weighted by Gasteiger charge is 2.32. The van der Waals surface area contributed by atoms with Crippen LogP contribution in [0.25, 0.3) is 0 Å². The van der Waals surface area contributed by atoms with Gasteiger partial charge in [-0.1, -0.05) is 0 Å². The number of rotatable bonds is 4. The summed E-state index contributed by atoms with van der Waals surface area (Å²) in [4.78, 5) is 16.4. The second-order valence-electron chi connectivity index (χ2n) is 6.09. The Morgan fingerprint density at radius 1 is 1.26 bits per heavy atom. The number of hydrogen-bond acceptors (Lipinski definition) is 3. The van der Waals surface area contributed by atoms with Crippen molar-refractivity contribution in [2.24, 2.45) is 17.1 Å². The van der Waals surface area contributed by atoms with Crippen LogP contribution in [0.15, 0.2) is 0 Å². The maximum absolute atomic E-state index is 12.2. The number of carbonyl (C=O) groups is 1. The molecule has 0 bridgehead atoms. The molecular formula is C13H29Cl2N3O. The van der Waals surface area contributed by atoms with Gasteiger partial charge in [-0.3, -0.25) is 4.79 Å². The van der Waals surface area contributed by atoms with Crippen LogP contribution in [0.1, 0.15) is 26.7 Å². The average molecular weight is 314 g/mol. The fourth-order valence-corrected chi connectivity index (χ4v) is 2.35. The Kier molecular flexibility index (Phi) is 10.1. The van der Waals surface area contributed by atoms with E-state index >= 15 is 0 Å². The van der Waals surface area contributed by atoms with Crippen LogP contribution in [0.4, 0.5) is 0 Å². The summed E-state index contributed by atoms with van der Waals surface area (Å²) >= 11 is 0. The van der Waals surface area contributed by atoms with Gasteiger partial charge < -0.3 is 15.5 Å². The van der Waals surface area contributed by atoms with Crippen LogP contribution in [-0.2, 0) is 4.79 Å². The summed E-state index contributed by atoms with van der Waals surface area (Å²) < 4.78 is 0. The molecule has 1 rings (SSSR count). The zero-order valence-corrected chi connectivity index (χ0v) is 14.1. The van der Waals surface area contributed by atoms with Gasteiger partial charge >= 0.3 is 0 Å². The highest BCUT2D eigenvalue weighted by molar-refractivity contribution is 5.85. The summed E-state index contributed by atoms with van der Waals surface area (Å²) in [6.07, 6.45) is 2.23. The fraction of sp³-hybridized carbons (Fsp3) is 0.923. The van der Waals surface area contributed by atoms with Crippen LogP contribution in [-0.4, -0.2) is 56.0 Å². The van der Waals surface area contributed by atoms with E-state index in [2.05, 4.69) is 19.0 Å². The molecule has 6 heteroatoms. The molecule has 1 aliphatic rings. The summed E-state index contributed by atoms with van der Waals surface area (Å²) in [7, 11) is 4.21. The predicted octanol–water partition coefficient (Wildman–Crippen LogP) is 1.62. The molecule has 0 aromatic rings. The first-order chi connectivity index (χ1) is 7.86. The minimum absolute atomic E-state index is 0. The van der Waals surface area contributed by atoms with E-state index in [9.17, 15) is 4.79 Å². The third-order valence-corrected chi connectivity index (χ3v) is 3.61. The molecule has 0 spiro atoms. The van der Waals surface area contributed by atoms with E-state index in [1.54, 1.807) is 0 Å². The number of piperidine rings is 1. The summed E-state index contributed by atoms with van der Waals surface area (Å²) in [5.41, 5.74) is 5.24. The number of hydrogen-bond donors (Lipinski definition) is 1. The summed E-state index contributed by atoms with van der Waals surface area (Å²) in [6, 6.07) is 0. The third kappa shape index (κ3) is 6.30. The first-order valence-corrected chi connectivity index (χ1v) is 6.51. The lowest BCUT2D eigenvalue weighted by molar-refractivity contribution is -0.141. The smallest absolute Gasteiger partial charge is 0.229 e. The Morgan fingerprint density at radius 2 is 1.74 bits per heavy atom. The number of amides is 1. The largest absolute Gasteiger partial charge is 0.342 e. The van der Waals surface area contributed by atoms with E-state index < -0.39 is 5.41 Å². The van der Waals surface area contributed by atoms with Gasteiger partial charge in [0.25, 0.3) is 0 Å². The lowest BCUT2D eigenvalue weighted by Gasteiger charge is -2.37. The lowest BCUT2D eigenvalue weighted by Crippen LogP contribution is -2.48. The van der Waals surface area contributed by atoms with Crippen LogP contribution in [0, 0.1) is 11.3 Å². The molecule has 0 saturated carbocycles. The molecule has 4 nitrogen and oxygen atoms in total. The van der Waals surface area contributed by atoms with Gasteiger partial charge in [0.15, 0.2) is 0 Å². The second kappa shape index (κ2) is 9.01. The van der Waals surface area contributed by atoms with Crippen molar-refractivity contribution in [1.82, 2.24) is 9.80 Å². The van der Waals surface area contributed by atoms with E-state index in [4.69, 9.17) is 5.73 Å². The molecule has 1 aliphatic heterocycles. The molecule has 19 heavy (non-hydrogen) atoms.